The molecule has 0 aliphatic carbocycles. The summed E-state index contributed by atoms with van der Waals surface area (Å²) < 4.78 is 5.71. The molecule has 0 atom stereocenters. The minimum Gasteiger partial charge on any atom is -0.493 e. The predicted octanol–water partition coefficient (Wildman–Crippen LogP) is 3.66. The zero-order valence-electron chi connectivity index (χ0n) is 15.7. The Balaban J connectivity index is 1.80. The van der Waals surface area contributed by atoms with Crippen LogP contribution in [0.2, 0.25) is 0 Å². The van der Waals surface area contributed by atoms with Gasteiger partial charge in [0.2, 0.25) is 0 Å². The van der Waals surface area contributed by atoms with E-state index in [0.29, 0.717) is 19.0 Å². The Kier molecular flexibility index (Phi) is 7.25. The first-order chi connectivity index (χ1) is 12.0. The highest BCUT2D eigenvalue weighted by Crippen LogP contribution is 2.16. The number of rotatable bonds is 7. The fraction of sp³-hybridized carbons (Fsp3) is 0.474. The van der Waals surface area contributed by atoms with E-state index in [0.717, 1.165) is 29.0 Å². The summed E-state index contributed by atoms with van der Waals surface area (Å²) in [6, 6.07) is 8.17. The van der Waals surface area contributed by atoms with Gasteiger partial charge in [0.1, 0.15) is 10.8 Å². The number of hydrogen-bond donors (Lipinski definition) is 2. The lowest BCUT2D eigenvalue weighted by Gasteiger charge is -2.12. The van der Waals surface area contributed by atoms with Crippen molar-refractivity contribution in [1.29, 1.82) is 0 Å². The molecule has 0 spiro atoms. The second kappa shape index (κ2) is 9.42. The third-order valence-electron chi connectivity index (χ3n) is 3.67. The molecule has 0 fully saturated rings. The van der Waals surface area contributed by atoms with Crippen LogP contribution in [0.5, 0.6) is 5.75 Å². The fourth-order valence-electron chi connectivity index (χ4n) is 2.15. The second-order valence-corrected chi connectivity index (χ2v) is 7.67. The second-order valence-electron chi connectivity index (χ2n) is 6.38. The monoisotopic (exact) mass is 360 g/mol. The molecule has 0 unspecified atom stereocenters. The van der Waals surface area contributed by atoms with E-state index in [-0.39, 0.29) is 0 Å². The molecule has 25 heavy (non-hydrogen) atoms. The molecule has 0 radical (unpaired) electrons. The third kappa shape index (κ3) is 6.38. The molecule has 0 amide bonds. The lowest BCUT2D eigenvalue weighted by Crippen LogP contribution is -2.36. The van der Waals surface area contributed by atoms with E-state index < -0.39 is 0 Å². The molecule has 5 nitrogen and oxygen atoms in total. The topological polar surface area (TPSA) is 58.5 Å². The van der Waals surface area contributed by atoms with Gasteiger partial charge in [-0.3, -0.25) is 4.99 Å². The molecule has 0 aliphatic heterocycles. The largest absolute Gasteiger partial charge is 0.493 e. The number of benzene rings is 1. The van der Waals surface area contributed by atoms with E-state index in [2.05, 4.69) is 53.5 Å². The number of guanidine groups is 1. The average molecular weight is 361 g/mol. The Hall–Kier alpha value is -2.08. The summed E-state index contributed by atoms with van der Waals surface area (Å²) in [5.74, 6) is 2.21. The number of thiazole rings is 1. The van der Waals surface area contributed by atoms with Crippen molar-refractivity contribution in [1.82, 2.24) is 15.6 Å². The van der Waals surface area contributed by atoms with Crippen LogP contribution >= 0.6 is 11.3 Å². The maximum absolute atomic E-state index is 5.71. The van der Waals surface area contributed by atoms with E-state index >= 15 is 0 Å². The molecule has 0 saturated heterocycles. The first kappa shape index (κ1) is 19.2. The van der Waals surface area contributed by atoms with Crippen molar-refractivity contribution in [2.45, 2.75) is 40.8 Å². The van der Waals surface area contributed by atoms with Crippen LogP contribution in [0.25, 0.3) is 0 Å². The van der Waals surface area contributed by atoms with Crippen LogP contribution in [0, 0.1) is 19.8 Å². The SMILES string of the molecule is CN=C(NCc1ccc(OCC(C)C)cc1)NCc1nc(C)c(C)s1. The Morgan fingerprint density at radius 3 is 2.40 bits per heavy atom. The first-order valence-corrected chi connectivity index (χ1v) is 9.38. The highest BCUT2D eigenvalue weighted by Gasteiger charge is 2.05. The van der Waals surface area contributed by atoms with Crippen LogP contribution in [0.4, 0.5) is 0 Å². The molecule has 1 aromatic carbocycles. The molecule has 136 valence electrons. The lowest BCUT2D eigenvalue weighted by molar-refractivity contribution is 0.271. The summed E-state index contributed by atoms with van der Waals surface area (Å²) >= 11 is 1.72. The summed E-state index contributed by atoms with van der Waals surface area (Å²) in [6.07, 6.45) is 0. The maximum Gasteiger partial charge on any atom is 0.191 e. The van der Waals surface area contributed by atoms with Gasteiger partial charge < -0.3 is 15.4 Å². The zero-order chi connectivity index (χ0) is 18.2. The highest BCUT2D eigenvalue weighted by atomic mass is 32.1. The molecule has 6 heteroatoms. The van der Waals surface area contributed by atoms with E-state index in [1.165, 1.54) is 10.4 Å². The van der Waals surface area contributed by atoms with Crippen molar-refractivity contribution < 1.29 is 4.74 Å². The van der Waals surface area contributed by atoms with E-state index in [4.69, 9.17) is 4.74 Å². The van der Waals surface area contributed by atoms with Crippen molar-refractivity contribution in [3.05, 3.63) is 45.4 Å². The summed E-state index contributed by atoms with van der Waals surface area (Å²) in [5, 5.41) is 7.70. The Labute approximate surface area is 154 Å². The third-order valence-corrected chi connectivity index (χ3v) is 4.74. The summed E-state index contributed by atoms with van der Waals surface area (Å²) in [5.41, 5.74) is 2.28. The standard InChI is InChI=1S/C19H28N4OS/c1-13(2)12-24-17-8-6-16(7-9-17)10-21-19(20-5)22-11-18-23-14(3)15(4)25-18/h6-9,13H,10-12H2,1-5H3,(H2,20,21,22). The van der Waals surface area contributed by atoms with Crippen molar-refractivity contribution in [3.8, 4) is 5.75 Å². The quantitative estimate of drug-likeness (QED) is 0.584. The van der Waals surface area contributed by atoms with Gasteiger partial charge in [0.25, 0.3) is 0 Å². The van der Waals surface area contributed by atoms with Crippen LogP contribution in [-0.4, -0.2) is 24.6 Å². The molecule has 0 aliphatic rings. The van der Waals surface area contributed by atoms with Gasteiger partial charge in [-0.25, -0.2) is 4.98 Å². The highest BCUT2D eigenvalue weighted by molar-refractivity contribution is 7.11. The molecule has 2 N–H and O–H groups in total. The van der Waals surface area contributed by atoms with Crippen molar-refractivity contribution in [2.24, 2.45) is 10.9 Å². The summed E-state index contributed by atoms with van der Waals surface area (Å²) in [6.45, 7) is 10.6. The number of aryl methyl sites for hydroxylation is 2. The lowest BCUT2D eigenvalue weighted by atomic mass is 10.2. The van der Waals surface area contributed by atoms with Crippen LogP contribution in [0.3, 0.4) is 0 Å². The first-order valence-electron chi connectivity index (χ1n) is 8.57. The molecular weight excluding hydrogens is 332 g/mol. The Morgan fingerprint density at radius 1 is 1.16 bits per heavy atom. The Morgan fingerprint density at radius 2 is 1.84 bits per heavy atom. The van der Waals surface area contributed by atoms with E-state index in [1.54, 1.807) is 18.4 Å². The van der Waals surface area contributed by atoms with Gasteiger partial charge in [0, 0.05) is 18.5 Å². The molecular formula is C19H28N4OS. The fourth-order valence-corrected chi connectivity index (χ4v) is 3.02. The number of aliphatic imine (C=N–C) groups is 1. The molecule has 0 bridgehead atoms. The predicted molar refractivity (Wildman–Crippen MR) is 105 cm³/mol. The number of ether oxygens (including phenoxy) is 1. The minimum absolute atomic E-state index is 0.529. The van der Waals surface area contributed by atoms with Gasteiger partial charge >= 0.3 is 0 Å². The summed E-state index contributed by atoms with van der Waals surface area (Å²) in [7, 11) is 1.77. The molecule has 2 rings (SSSR count). The number of nitrogens with one attached hydrogen (secondary N) is 2. The van der Waals surface area contributed by atoms with Crippen LogP contribution in [0.15, 0.2) is 29.3 Å². The maximum atomic E-state index is 5.71. The van der Waals surface area contributed by atoms with Gasteiger partial charge in [-0.2, -0.15) is 0 Å². The molecule has 0 saturated carbocycles. The van der Waals surface area contributed by atoms with Gasteiger partial charge in [0.15, 0.2) is 5.96 Å². The minimum atomic E-state index is 0.529. The van der Waals surface area contributed by atoms with Gasteiger partial charge in [0.05, 0.1) is 18.8 Å². The van der Waals surface area contributed by atoms with Gasteiger partial charge in [-0.1, -0.05) is 26.0 Å². The van der Waals surface area contributed by atoms with Crippen molar-refractivity contribution in [3.63, 3.8) is 0 Å². The van der Waals surface area contributed by atoms with E-state index in [9.17, 15) is 0 Å². The number of aromatic nitrogens is 1. The van der Waals surface area contributed by atoms with Crippen molar-refractivity contribution >= 4 is 17.3 Å². The number of hydrogen-bond acceptors (Lipinski definition) is 4. The Bertz CT molecular complexity index is 672. The van der Waals surface area contributed by atoms with Gasteiger partial charge in [-0.05, 0) is 37.5 Å². The van der Waals surface area contributed by atoms with E-state index in [1.807, 2.05) is 19.1 Å². The van der Waals surface area contributed by atoms with Crippen molar-refractivity contribution in [2.75, 3.05) is 13.7 Å². The molecule has 1 heterocycles. The number of nitrogens with zero attached hydrogens (tertiary/aromatic N) is 2. The molecule has 1 aromatic heterocycles. The zero-order valence-corrected chi connectivity index (χ0v) is 16.5. The summed E-state index contributed by atoms with van der Waals surface area (Å²) in [4.78, 5) is 10.1. The van der Waals surface area contributed by atoms with Gasteiger partial charge in [-0.15, -0.1) is 11.3 Å². The average Bonchev–Trinajstić information content (AvgIpc) is 2.92. The van der Waals surface area contributed by atoms with Crippen LogP contribution < -0.4 is 15.4 Å². The molecule has 2 aromatic rings. The van der Waals surface area contributed by atoms with Crippen LogP contribution in [-0.2, 0) is 13.1 Å². The van der Waals surface area contributed by atoms with Crippen LogP contribution in [0.1, 0.15) is 35.0 Å². The normalized spacial score (nSPS) is 11.7. The smallest absolute Gasteiger partial charge is 0.191 e.